The predicted octanol–water partition coefficient (Wildman–Crippen LogP) is 3.85. The summed E-state index contributed by atoms with van der Waals surface area (Å²) in [7, 11) is 0. The minimum Gasteiger partial charge on any atom is -0.385 e. The van der Waals surface area contributed by atoms with Gasteiger partial charge in [-0.15, -0.1) is 0 Å². The molecule has 82 valence electrons. The summed E-state index contributed by atoms with van der Waals surface area (Å²) < 4.78 is 1.03. The van der Waals surface area contributed by atoms with Crippen molar-refractivity contribution in [1.29, 1.82) is 0 Å². The largest absolute Gasteiger partial charge is 0.385 e. The van der Waals surface area contributed by atoms with Crippen LogP contribution in [0.25, 0.3) is 0 Å². The molecule has 1 aliphatic carbocycles. The number of hydrogen-bond acceptors (Lipinski definition) is 1. The van der Waals surface area contributed by atoms with Crippen LogP contribution in [-0.2, 0) is 5.60 Å². The average Bonchev–Trinajstić information content (AvgIpc) is 2.98. The molecule has 1 aliphatic rings. The molecular formula is C13H17BrO. The molecule has 1 fully saturated rings. The fourth-order valence-corrected chi connectivity index (χ4v) is 2.26. The third-order valence-corrected chi connectivity index (χ3v) is 3.68. The fourth-order valence-electron chi connectivity index (χ4n) is 1.86. The van der Waals surface area contributed by atoms with E-state index in [4.69, 9.17) is 0 Å². The maximum Gasteiger partial charge on any atom is 0.0869 e. The van der Waals surface area contributed by atoms with E-state index in [9.17, 15) is 5.11 Å². The molecule has 1 aromatic carbocycles. The summed E-state index contributed by atoms with van der Waals surface area (Å²) in [5.41, 5.74) is 0.337. The van der Waals surface area contributed by atoms with Gasteiger partial charge in [0.2, 0.25) is 0 Å². The maximum absolute atomic E-state index is 10.4. The highest BCUT2D eigenvalue weighted by Crippen LogP contribution is 2.38. The van der Waals surface area contributed by atoms with Gasteiger partial charge in [-0.1, -0.05) is 40.9 Å². The molecule has 2 heteroatoms. The summed E-state index contributed by atoms with van der Waals surface area (Å²) in [5.74, 6) is 0.878. The van der Waals surface area contributed by atoms with Gasteiger partial charge in [0.25, 0.3) is 0 Å². The molecule has 1 nitrogen and oxygen atoms in total. The summed E-state index contributed by atoms with van der Waals surface area (Å²) >= 11 is 3.44. The molecule has 2 rings (SSSR count). The third-order valence-electron chi connectivity index (χ3n) is 3.18. The van der Waals surface area contributed by atoms with Crippen molar-refractivity contribution >= 4 is 15.9 Å². The van der Waals surface area contributed by atoms with Crippen molar-refractivity contribution in [3.8, 4) is 0 Å². The van der Waals surface area contributed by atoms with E-state index in [1.807, 2.05) is 31.2 Å². The molecule has 0 bridgehead atoms. The van der Waals surface area contributed by atoms with Crippen molar-refractivity contribution in [3.05, 3.63) is 34.3 Å². The minimum absolute atomic E-state index is 0.674. The second-order valence-electron chi connectivity index (χ2n) is 4.77. The Hall–Kier alpha value is -0.340. The molecule has 0 aromatic heterocycles. The highest BCUT2D eigenvalue weighted by atomic mass is 79.9. The second-order valence-corrected chi connectivity index (χ2v) is 5.68. The Labute approximate surface area is 99.6 Å². The van der Waals surface area contributed by atoms with Crippen LogP contribution >= 0.6 is 15.9 Å². The van der Waals surface area contributed by atoms with Crippen molar-refractivity contribution < 1.29 is 5.11 Å². The molecule has 15 heavy (non-hydrogen) atoms. The highest BCUT2D eigenvalue weighted by molar-refractivity contribution is 9.10. The lowest BCUT2D eigenvalue weighted by atomic mass is 9.90. The monoisotopic (exact) mass is 268 g/mol. The SMILES string of the molecule is CC(O)(CCC1CC1)c1cccc(Br)c1. The lowest BCUT2D eigenvalue weighted by Crippen LogP contribution is -2.21. The molecule has 0 amide bonds. The van der Waals surface area contributed by atoms with Crippen LogP contribution in [0.2, 0.25) is 0 Å². The maximum atomic E-state index is 10.4. The van der Waals surface area contributed by atoms with Gasteiger partial charge in [-0.2, -0.15) is 0 Å². The summed E-state index contributed by atoms with van der Waals surface area (Å²) in [5, 5.41) is 10.4. The number of aliphatic hydroxyl groups is 1. The summed E-state index contributed by atoms with van der Waals surface area (Å²) in [6.07, 6.45) is 4.73. The number of hydrogen-bond donors (Lipinski definition) is 1. The quantitative estimate of drug-likeness (QED) is 0.880. The van der Waals surface area contributed by atoms with Crippen molar-refractivity contribution in [2.75, 3.05) is 0 Å². The van der Waals surface area contributed by atoms with Crippen LogP contribution in [0.4, 0.5) is 0 Å². The zero-order valence-electron chi connectivity index (χ0n) is 9.04. The normalized spacial score (nSPS) is 19.9. The topological polar surface area (TPSA) is 20.2 Å². The molecule has 0 spiro atoms. The molecule has 1 N–H and O–H groups in total. The van der Waals surface area contributed by atoms with Crippen molar-refractivity contribution in [3.63, 3.8) is 0 Å². The van der Waals surface area contributed by atoms with Crippen LogP contribution in [0, 0.1) is 5.92 Å². The Kier molecular flexibility index (Phi) is 3.17. The zero-order valence-corrected chi connectivity index (χ0v) is 10.6. The summed E-state index contributed by atoms with van der Waals surface area (Å²) in [6.45, 7) is 1.91. The Morgan fingerprint density at radius 1 is 1.47 bits per heavy atom. The molecule has 1 atom stereocenters. The summed E-state index contributed by atoms with van der Waals surface area (Å²) in [4.78, 5) is 0. The van der Waals surface area contributed by atoms with Crippen LogP contribution in [0.15, 0.2) is 28.7 Å². The van der Waals surface area contributed by atoms with Crippen LogP contribution in [0.1, 0.15) is 38.2 Å². The second kappa shape index (κ2) is 4.26. The Morgan fingerprint density at radius 3 is 2.80 bits per heavy atom. The first-order valence-corrected chi connectivity index (χ1v) is 6.36. The van der Waals surface area contributed by atoms with E-state index in [1.54, 1.807) is 0 Å². The minimum atomic E-state index is -0.674. The van der Waals surface area contributed by atoms with E-state index in [2.05, 4.69) is 15.9 Å². The summed E-state index contributed by atoms with van der Waals surface area (Å²) in [6, 6.07) is 7.97. The molecule has 0 heterocycles. The average molecular weight is 269 g/mol. The Morgan fingerprint density at radius 2 is 2.20 bits per heavy atom. The molecule has 0 saturated heterocycles. The van der Waals surface area contributed by atoms with E-state index in [0.717, 1.165) is 28.8 Å². The van der Waals surface area contributed by atoms with Crippen molar-refractivity contribution in [2.24, 2.45) is 5.92 Å². The van der Waals surface area contributed by atoms with Gasteiger partial charge in [0.05, 0.1) is 5.60 Å². The molecular weight excluding hydrogens is 252 g/mol. The number of halogens is 1. The number of benzene rings is 1. The van der Waals surface area contributed by atoms with Gasteiger partial charge in [-0.05, 0) is 43.4 Å². The first-order chi connectivity index (χ1) is 7.08. The highest BCUT2D eigenvalue weighted by Gasteiger charge is 2.28. The lowest BCUT2D eigenvalue weighted by molar-refractivity contribution is 0.0439. The van der Waals surface area contributed by atoms with Gasteiger partial charge in [0.15, 0.2) is 0 Å². The molecule has 1 saturated carbocycles. The van der Waals surface area contributed by atoms with Crippen molar-refractivity contribution in [2.45, 2.75) is 38.2 Å². The van der Waals surface area contributed by atoms with Gasteiger partial charge < -0.3 is 5.11 Å². The van der Waals surface area contributed by atoms with Gasteiger partial charge in [0.1, 0.15) is 0 Å². The predicted molar refractivity (Wildman–Crippen MR) is 65.7 cm³/mol. The van der Waals surface area contributed by atoms with Crippen molar-refractivity contribution in [1.82, 2.24) is 0 Å². The van der Waals surface area contributed by atoms with E-state index < -0.39 is 5.60 Å². The molecule has 1 aromatic rings. The van der Waals surface area contributed by atoms with Crippen LogP contribution in [0.3, 0.4) is 0 Å². The lowest BCUT2D eigenvalue weighted by Gasteiger charge is -2.24. The van der Waals surface area contributed by atoms with E-state index in [-0.39, 0.29) is 0 Å². The van der Waals surface area contributed by atoms with E-state index >= 15 is 0 Å². The first-order valence-electron chi connectivity index (χ1n) is 5.56. The van der Waals surface area contributed by atoms with Crippen LogP contribution < -0.4 is 0 Å². The zero-order chi connectivity index (χ0) is 10.9. The van der Waals surface area contributed by atoms with Gasteiger partial charge in [-0.25, -0.2) is 0 Å². The van der Waals surface area contributed by atoms with E-state index in [1.165, 1.54) is 12.8 Å². The fraction of sp³-hybridized carbons (Fsp3) is 0.538. The van der Waals surface area contributed by atoms with Gasteiger partial charge >= 0.3 is 0 Å². The standard InChI is InChI=1S/C13H17BrO/c1-13(15,8-7-10-5-6-10)11-3-2-4-12(14)9-11/h2-4,9-10,15H,5-8H2,1H3. The molecule has 1 unspecified atom stereocenters. The Bertz CT molecular complexity index is 342. The van der Waals surface area contributed by atoms with Crippen LogP contribution in [0.5, 0.6) is 0 Å². The van der Waals surface area contributed by atoms with E-state index in [0.29, 0.717) is 0 Å². The molecule has 0 aliphatic heterocycles. The van der Waals surface area contributed by atoms with Gasteiger partial charge in [-0.3, -0.25) is 0 Å². The molecule has 0 radical (unpaired) electrons. The van der Waals surface area contributed by atoms with Crippen LogP contribution in [-0.4, -0.2) is 5.11 Å². The Balaban J connectivity index is 2.05. The first kappa shape index (κ1) is 11.2. The smallest absolute Gasteiger partial charge is 0.0869 e. The van der Waals surface area contributed by atoms with Gasteiger partial charge in [0, 0.05) is 4.47 Å². The third kappa shape index (κ3) is 3.05. The number of rotatable bonds is 4.